The first-order valence-electron chi connectivity index (χ1n) is 8.64. The third-order valence-corrected chi connectivity index (χ3v) is 4.70. The highest BCUT2D eigenvalue weighted by molar-refractivity contribution is 5.55. The van der Waals surface area contributed by atoms with Gasteiger partial charge in [0.05, 0.1) is 5.69 Å². The molecule has 8 nitrogen and oxygen atoms in total. The van der Waals surface area contributed by atoms with E-state index in [1.165, 1.54) is 4.68 Å². The molecule has 0 unspecified atom stereocenters. The smallest absolute Gasteiger partial charge is 0.293 e. The molecular formula is C18H16N6O2. The fraction of sp³-hybridized carbons (Fsp3) is 0.278. The van der Waals surface area contributed by atoms with Gasteiger partial charge in [0.1, 0.15) is 18.4 Å². The first-order chi connectivity index (χ1) is 12.8. The molecule has 0 saturated carbocycles. The summed E-state index contributed by atoms with van der Waals surface area (Å²) in [5.74, 6) is 0.840. The monoisotopic (exact) mass is 348 g/mol. The molecule has 0 N–H and O–H groups in total. The molecule has 0 saturated heterocycles. The van der Waals surface area contributed by atoms with Crippen molar-refractivity contribution in [3.05, 3.63) is 64.1 Å². The van der Waals surface area contributed by atoms with Crippen molar-refractivity contribution in [1.29, 1.82) is 0 Å². The van der Waals surface area contributed by atoms with Crippen molar-refractivity contribution in [1.82, 2.24) is 29.5 Å². The molecule has 130 valence electrons. The fourth-order valence-corrected chi connectivity index (χ4v) is 3.43. The van der Waals surface area contributed by atoms with Crippen LogP contribution in [0.3, 0.4) is 0 Å². The van der Waals surface area contributed by atoms with Gasteiger partial charge in [0, 0.05) is 11.1 Å². The van der Waals surface area contributed by atoms with Gasteiger partial charge in [-0.1, -0.05) is 23.4 Å². The number of fused-ring (bicyclic) bond motifs is 3. The van der Waals surface area contributed by atoms with Gasteiger partial charge >= 0.3 is 0 Å². The Labute approximate surface area is 148 Å². The van der Waals surface area contributed by atoms with Gasteiger partial charge in [0.15, 0.2) is 5.82 Å². The number of hydrogen-bond acceptors (Lipinski definition) is 6. The number of aryl methyl sites for hydroxylation is 2. The molecule has 0 aliphatic heterocycles. The van der Waals surface area contributed by atoms with Crippen LogP contribution in [0.1, 0.15) is 29.9 Å². The van der Waals surface area contributed by atoms with Crippen LogP contribution in [0.2, 0.25) is 0 Å². The maximum atomic E-state index is 12.9. The van der Waals surface area contributed by atoms with Crippen molar-refractivity contribution in [2.75, 3.05) is 0 Å². The largest absolute Gasteiger partial charge is 0.334 e. The molecule has 0 spiro atoms. The Balaban J connectivity index is 1.51. The van der Waals surface area contributed by atoms with Crippen LogP contribution < -0.4 is 5.56 Å². The highest BCUT2D eigenvalue weighted by Gasteiger charge is 2.20. The quantitative estimate of drug-likeness (QED) is 0.561. The van der Waals surface area contributed by atoms with Gasteiger partial charge in [0.25, 0.3) is 11.4 Å². The average molecular weight is 348 g/mol. The molecule has 3 heterocycles. The van der Waals surface area contributed by atoms with Crippen molar-refractivity contribution in [2.45, 2.75) is 32.2 Å². The molecular weight excluding hydrogens is 332 g/mol. The fourth-order valence-electron chi connectivity index (χ4n) is 3.43. The minimum atomic E-state index is -0.172. The number of nitrogens with zero attached hydrogens (tertiary/aromatic N) is 6. The van der Waals surface area contributed by atoms with Crippen molar-refractivity contribution >= 4 is 5.52 Å². The van der Waals surface area contributed by atoms with Crippen LogP contribution in [0.15, 0.2) is 46.0 Å². The van der Waals surface area contributed by atoms with E-state index in [9.17, 15) is 4.79 Å². The van der Waals surface area contributed by atoms with Crippen LogP contribution in [-0.4, -0.2) is 29.5 Å². The van der Waals surface area contributed by atoms with Crippen LogP contribution >= 0.6 is 0 Å². The van der Waals surface area contributed by atoms with E-state index in [1.54, 1.807) is 10.8 Å². The van der Waals surface area contributed by atoms with Gasteiger partial charge in [-0.05, 0) is 37.8 Å². The molecule has 8 heteroatoms. The molecule has 0 fully saturated rings. The highest BCUT2D eigenvalue weighted by atomic mass is 16.5. The number of aromatic nitrogens is 6. The maximum absolute atomic E-state index is 12.9. The van der Waals surface area contributed by atoms with E-state index >= 15 is 0 Å². The molecule has 1 aliphatic carbocycles. The maximum Gasteiger partial charge on any atom is 0.293 e. The second-order valence-electron chi connectivity index (χ2n) is 6.40. The molecule has 0 radical (unpaired) electrons. The number of benzene rings is 1. The summed E-state index contributed by atoms with van der Waals surface area (Å²) < 4.78 is 8.27. The Kier molecular flexibility index (Phi) is 3.41. The van der Waals surface area contributed by atoms with E-state index in [1.807, 2.05) is 30.3 Å². The molecule has 4 aromatic rings. The lowest BCUT2D eigenvalue weighted by Crippen LogP contribution is -2.26. The standard InChI is InChI=1S/C18H16N6O2/c25-18-16-13-8-4-5-9-14(13)21-24(16)11-19-23(18)10-15-20-17(26-22-15)12-6-2-1-3-7-12/h1-3,6-7,11H,4-5,8-10H2. The Bertz CT molecular complexity index is 1140. The summed E-state index contributed by atoms with van der Waals surface area (Å²) in [5.41, 5.74) is 3.34. The Morgan fingerprint density at radius 3 is 2.85 bits per heavy atom. The van der Waals surface area contributed by atoms with E-state index in [0.29, 0.717) is 17.2 Å². The predicted octanol–water partition coefficient (Wildman–Crippen LogP) is 1.87. The number of hydrogen-bond donors (Lipinski definition) is 0. The summed E-state index contributed by atoms with van der Waals surface area (Å²) >= 11 is 0. The molecule has 5 rings (SSSR count). The minimum Gasteiger partial charge on any atom is -0.334 e. The number of rotatable bonds is 3. The second-order valence-corrected chi connectivity index (χ2v) is 6.40. The second kappa shape index (κ2) is 5.91. The van der Waals surface area contributed by atoms with E-state index in [0.717, 1.165) is 42.5 Å². The SMILES string of the molecule is O=c1c2c3c(nn2cnn1Cc1noc(-c2ccccc2)n1)CCCC3. The van der Waals surface area contributed by atoms with Crippen LogP contribution in [-0.2, 0) is 19.4 Å². The van der Waals surface area contributed by atoms with Crippen molar-refractivity contribution in [2.24, 2.45) is 0 Å². The van der Waals surface area contributed by atoms with E-state index < -0.39 is 0 Å². The van der Waals surface area contributed by atoms with Crippen molar-refractivity contribution in [3.8, 4) is 11.5 Å². The molecule has 1 aliphatic rings. The lowest BCUT2D eigenvalue weighted by Gasteiger charge is -2.08. The molecule has 26 heavy (non-hydrogen) atoms. The Morgan fingerprint density at radius 2 is 1.96 bits per heavy atom. The van der Waals surface area contributed by atoms with Gasteiger partial charge < -0.3 is 4.52 Å². The average Bonchev–Trinajstić information content (AvgIpc) is 3.29. The van der Waals surface area contributed by atoms with Gasteiger partial charge in [-0.15, -0.1) is 0 Å². The summed E-state index contributed by atoms with van der Waals surface area (Å²) in [6, 6.07) is 9.52. The lowest BCUT2D eigenvalue weighted by molar-refractivity contribution is 0.417. The van der Waals surface area contributed by atoms with E-state index in [2.05, 4.69) is 20.3 Å². The molecule has 0 atom stereocenters. The topological polar surface area (TPSA) is 91.1 Å². The Morgan fingerprint density at radius 1 is 1.12 bits per heavy atom. The first-order valence-corrected chi connectivity index (χ1v) is 8.64. The van der Waals surface area contributed by atoms with E-state index in [4.69, 9.17) is 4.52 Å². The predicted molar refractivity (Wildman–Crippen MR) is 92.7 cm³/mol. The van der Waals surface area contributed by atoms with Gasteiger partial charge in [-0.25, -0.2) is 9.20 Å². The van der Waals surface area contributed by atoms with E-state index in [-0.39, 0.29) is 12.1 Å². The molecule has 0 bridgehead atoms. The highest BCUT2D eigenvalue weighted by Crippen LogP contribution is 2.22. The summed E-state index contributed by atoms with van der Waals surface area (Å²) in [5, 5.41) is 12.7. The zero-order valence-electron chi connectivity index (χ0n) is 14.0. The molecule has 1 aromatic carbocycles. The molecule has 3 aromatic heterocycles. The lowest BCUT2D eigenvalue weighted by atomic mass is 9.97. The molecule has 0 amide bonds. The zero-order valence-corrected chi connectivity index (χ0v) is 14.0. The van der Waals surface area contributed by atoms with Gasteiger partial charge in [0.2, 0.25) is 0 Å². The first kappa shape index (κ1) is 15.0. The van der Waals surface area contributed by atoms with Crippen LogP contribution in [0.25, 0.3) is 17.0 Å². The van der Waals surface area contributed by atoms with Crippen LogP contribution in [0.5, 0.6) is 0 Å². The summed E-state index contributed by atoms with van der Waals surface area (Å²) in [7, 11) is 0. The van der Waals surface area contributed by atoms with Gasteiger partial charge in [-0.2, -0.15) is 15.2 Å². The minimum absolute atomic E-state index is 0.158. The zero-order chi connectivity index (χ0) is 17.5. The van der Waals surface area contributed by atoms with Gasteiger partial charge in [-0.3, -0.25) is 4.79 Å². The van der Waals surface area contributed by atoms with Crippen LogP contribution in [0, 0.1) is 0 Å². The van der Waals surface area contributed by atoms with Crippen LogP contribution in [0.4, 0.5) is 0 Å². The summed E-state index contributed by atoms with van der Waals surface area (Å²) in [6.45, 7) is 0.158. The Hall–Kier alpha value is -3.29. The third-order valence-electron chi connectivity index (χ3n) is 4.70. The summed E-state index contributed by atoms with van der Waals surface area (Å²) in [6.07, 6.45) is 5.58. The van der Waals surface area contributed by atoms with Crippen molar-refractivity contribution < 1.29 is 4.52 Å². The van der Waals surface area contributed by atoms with Crippen molar-refractivity contribution in [3.63, 3.8) is 0 Å². The normalized spacial score (nSPS) is 13.8. The summed E-state index contributed by atoms with van der Waals surface area (Å²) in [4.78, 5) is 17.3. The third kappa shape index (κ3) is 2.42.